The maximum Gasteiger partial charge on any atom is 0.308 e. The van der Waals surface area contributed by atoms with Crippen molar-refractivity contribution in [1.82, 2.24) is 4.90 Å². The van der Waals surface area contributed by atoms with Gasteiger partial charge in [0.25, 0.3) is 11.6 Å². The number of amides is 1. The summed E-state index contributed by atoms with van der Waals surface area (Å²) in [5.74, 6) is -0.321. The largest absolute Gasteiger partial charge is 0.383 e. The SMILES string of the molecule is CCS(=O)(=O)Oc1cccc(CN(CCOC)C(=O)c2ccc([N+](=O)[O-])cc2)c1. The van der Waals surface area contributed by atoms with Gasteiger partial charge < -0.3 is 13.8 Å². The third-order valence-electron chi connectivity index (χ3n) is 4.03. The van der Waals surface area contributed by atoms with Crippen molar-refractivity contribution in [3.05, 3.63) is 69.8 Å². The van der Waals surface area contributed by atoms with Crippen molar-refractivity contribution in [1.29, 1.82) is 0 Å². The van der Waals surface area contributed by atoms with Crippen LogP contribution in [0.5, 0.6) is 5.75 Å². The maximum absolute atomic E-state index is 12.9. The summed E-state index contributed by atoms with van der Waals surface area (Å²) in [7, 11) is -2.15. The van der Waals surface area contributed by atoms with Gasteiger partial charge in [-0.15, -0.1) is 0 Å². The lowest BCUT2D eigenvalue weighted by atomic mass is 10.1. The molecular formula is C19H22N2O7S. The Balaban J connectivity index is 2.22. The zero-order chi connectivity index (χ0) is 21.4. The summed E-state index contributed by atoms with van der Waals surface area (Å²) < 4.78 is 33.4. The fourth-order valence-corrected chi connectivity index (χ4v) is 3.00. The van der Waals surface area contributed by atoms with E-state index in [1.54, 1.807) is 18.2 Å². The Bertz CT molecular complexity index is 959. The molecule has 10 heteroatoms. The van der Waals surface area contributed by atoms with Crippen LogP contribution in [-0.4, -0.2) is 50.2 Å². The average molecular weight is 422 g/mol. The van der Waals surface area contributed by atoms with Gasteiger partial charge in [-0.3, -0.25) is 14.9 Å². The normalized spacial score (nSPS) is 11.1. The Kier molecular flexibility index (Phi) is 7.68. The molecule has 2 aromatic carbocycles. The minimum atomic E-state index is -3.66. The maximum atomic E-state index is 12.9. The number of nitro benzene ring substituents is 1. The summed E-state index contributed by atoms with van der Waals surface area (Å²) in [4.78, 5) is 24.6. The molecule has 9 nitrogen and oxygen atoms in total. The molecule has 0 aliphatic rings. The van der Waals surface area contributed by atoms with E-state index in [0.717, 1.165) is 0 Å². The predicted molar refractivity (Wildman–Crippen MR) is 106 cm³/mol. The second-order valence-electron chi connectivity index (χ2n) is 6.10. The third kappa shape index (κ3) is 6.54. The van der Waals surface area contributed by atoms with Crippen LogP contribution in [0.3, 0.4) is 0 Å². The van der Waals surface area contributed by atoms with Gasteiger partial charge in [-0.25, -0.2) is 0 Å². The van der Waals surface area contributed by atoms with E-state index in [4.69, 9.17) is 8.92 Å². The van der Waals surface area contributed by atoms with E-state index in [1.807, 2.05) is 0 Å². The molecular weight excluding hydrogens is 400 g/mol. The number of ether oxygens (including phenoxy) is 1. The number of nitrogens with zero attached hydrogens (tertiary/aromatic N) is 2. The summed E-state index contributed by atoms with van der Waals surface area (Å²) in [6.45, 7) is 2.24. The molecule has 2 aromatic rings. The predicted octanol–water partition coefficient (Wildman–Crippen LogP) is 2.61. The zero-order valence-electron chi connectivity index (χ0n) is 16.1. The fourth-order valence-electron chi connectivity index (χ4n) is 2.48. The lowest BCUT2D eigenvalue weighted by molar-refractivity contribution is -0.384. The van der Waals surface area contributed by atoms with Crippen LogP contribution in [-0.2, 0) is 21.4 Å². The first kappa shape index (κ1) is 22.3. The fraction of sp³-hybridized carbons (Fsp3) is 0.316. The van der Waals surface area contributed by atoms with Crippen LogP contribution >= 0.6 is 0 Å². The highest BCUT2D eigenvalue weighted by Crippen LogP contribution is 2.19. The summed E-state index contributed by atoms with van der Waals surface area (Å²) in [6.07, 6.45) is 0. The van der Waals surface area contributed by atoms with Gasteiger partial charge in [0.1, 0.15) is 5.75 Å². The number of hydrogen-bond acceptors (Lipinski definition) is 7. The van der Waals surface area contributed by atoms with E-state index in [2.05, 4.69) is 0 Å². The van der Waals surface area contributed by atoms with E-state index in [0.29, 0.717) is 17.7 Å². The van der Waals surface area contributed by atoms with Gasteiger partial charge in [-0.05, 0) is 36.8 Å². The van der Waals surface area contributed by atoms with Crippen LogP contribution in [0.1, 0.15) is 22.8 Å². The van der Waals surface area contributed by atoms with Gasteiger partial charge in [-0.1, -0.05) is 12.1 Å². The van der Waals surface area contributed by atoms with E-state index >= 15 is 0 Å². The van der Waals surface area contributed by atoms with Crippen molar-refractivity contribution in [3.8, 4) is 5.75 Å². The first-order valence-electron chi connectivity index (χ1n) is 8.79. The summed E-state index contributed by atoms with van der Waals surface area (Å²) >= 11 is 0. The van der Waals surface area contributed by atoms with Gasteiger partial charge in [0.15, 0.2) is 0 Å². The molecule has 156 valence electrons. The summed E-state index contributed by atoms with van der Waals surface area (Å²) in [6, 6.07) is 11.8. The van der Waals surface area contributed by atoms with Crippen LogP contribution in [0, 0.1) is 10.1 Å². The molecule has 0 spiro atoms. The van der Waals surface area contributed by atoms with Gasteiger partial charge in [-0.2, -0.15) is 8.42 Å². The number of benzene rings is 2. The van der Waals surface area contributed by atoms with E-state index in [-0.39, 0.29) is 36.2 Å². The molecule has 0 radical (unpaired) electrons. The standard InChI is InChI=1S/C19H22N2O7S/c1-3-29(25,26)28-18-6-4-5-15(13-18)14-20(11-12-27-2)19(22)16-7-9-17(10-8-16)21(23)24/h4-10,13H,3,11-12,14H2,1-2H3. The van der Waals surface area contributed by atoms with Crippen LogP contribution < -0.4 is 4.18 Å². The molecule has 0 saturated carbocycles. The molecule has 0 saturated heterocycles. The molecule has 0 N–H and O–H groups in total. The van der Waals surface area contributed by atoms with Crippen molar-refractivity contribution in [2.75, 3.05) is 26.0 Å². The summed E-state index contributed by atoms with van der Waals surface area (Å²) in [5.41, 5.74) is 0.861. The topological polar surface area (TPSA) is 116 Å². The highest BCUT2D eigenvalue weighted by molar-refractivity contribution is 7.87. The quantitative estimate of drug-likeness (QED) is 0.328. The van der Waals surface area contributed by atoms with E-state index in [9.17, 15) is 23.3 Å². The molecule has 2 rings (SSSR count). The van der Waals surface area contributed by atoms with Gasteiger partial charge in [0, 0.05) is 37.9 Å². The van der Waals surface area contributed by atoms with Crippen LogP contribution in [0.2, 0.25) is 0 Å². The molecule has 0 unspecified atom stereocenters. The molecule has 0 aliphatic heterocycles. The molecule has 0 fully saturated rings. The Labute approximate surface area is 169 Å². The second-order valence-corrected chi connectivity index (χ2v) is 7.96. The number of hydrogen-bond donors (Lipinski definition) is 0. The molecule has 0 bridgehead atoms. The highest BCUT2D eigenvalue weighted by Gasteiger charge is 2.18. The first-order chi connectivity index (χ1) is 13.8. The molecule has 29 heavy (non-hydrogen) atoms. The monoisotopic (exact) mass is 422 g/mol. The number of carbonyl (C=O) groups is 1. The van der Waals surface area contributed by atoms with Crippen LogP contribution in [0.15, 0.2) is 48.5 Å². The molecule has 0 aromatic heterocycles. The lowest BCUT2D eigenvalue weighted by Crippen LogP contribution is -2.33. The third-order valence-corrected chi connectivity index (χ3v) is 5.18. The minimum absolute atomic E-state index is 0.105. The van der Waals surface area contributed by atoms with E-state index in [1.165, 1.54) is 49.3 Å². The first-order valence-corrected chi connectivity index (χ1v) is 10.4. The van der Waals surface area contributed by atoms with Gasteiger partial charge >= 0.3 is 10.1 Å². The Morgan fingerprint density at radius 3 is 2.45 bits per heavy atom. The molecule has 0 atom stereocenters. The number of nitro groups is 1. The Morgan fingerprint density at radius 2 is 1.86 bits per heavy atom. The van der Waals surface area contributed by atoms with Crippen LogP contribution in [0.25, 0.3) is 0 Å². The number of rotatable bonds is 10. The zero-order valence-corrected chi connectivity index (χ0v) is 16.9. The average Bonchev–Trinajstić information content (AvgIpc) is 2.70. The van der Waals surface area contributed by atoms with Crippen molar-refractivity contribution >= 4 is 21.7 Å². The lowest BCUT2D eigenvalue weighted by Gasteiger charge is -2.23. The summed E-state index contributed by atoms with van der Waals surface area (Å²) in [5, 5.41) is 10.8. The Morgan fingerprint density at radius 1 is 1.17 bits per heavy atom. The van der Waals surface area contributed by atoms with Gasteiger partial charge in [0.2, 0.25) is 0 Å². The minimum Gasteiger partial charge on any atom is -0.383 e. The van der Waals surface area contributed by atoms with Crippen molar-refractivity contribution in [2.45, 2.75) is 13.5 Å². The number of non-ortho nitro benzene ring substituents is 1. The molecule has 1 amide bonds. The smallest absolute Gasteiger partial charge is 0.308 e. The van der Waals surface area contributed by atoms with Crippen molar-refractivity contribution in [2.24, 2.45) is 0 Å². The van der Waals surface area contributed by atoms with Crippen LogP contribution in [0.4, 0.5) is 5.69 Å². The highest BCUT2D eigenvalue weighted by atomic mass is 32.2. The Hall–Kier alpha value is -2.98. The second kappa shape index (κ2) is 9.99. The number of carbonyl (C=O) groups excluding carboxylic acids is 1. The van der Waals surface area contributed by atoms with E-state index < -0.39 is 15.0 Å². The van der Waals surface area contributed by atoms with Gasteiger partial charge in [0.05, 0.1) is 17.3 Å². The van der Waals surface area contributed by atoms with Crippen molar-refractivity contribution < 1.29 is 27.1 Å². The molecule has 0 heterocycles. The van der Waals surface area contributed by atoms with Crippen molar-refractivity contribution in [3.63, 3.8) is 0 Å². The number of methoxy groups -OCH3 is 1. The molecule has 0 aliphatic carbocycles.